The van der Waals surface area contributed by atoms with Gasteiger partial charge in [-0.1, -0.05) is 51.9 Å². The van der Waals surface area contributed by atoms with Crippen LogP contribution in [0.2, 0.25) is 24.2 Å². The molecule has 0 saturated heterocycles. The molecule has 0 rings (SSSR count). The van der Waals surface area contributed by atoms with Gasteiger partial charge in [0.25, 0.3) is 0 Å². The van der Waals surface area contributed by atoms with E-state index < -0.39 is 0 Å². The van der Waals surface area contributed by atoms with Crippen LogP contribution in [0.5, 0.6) is 0 Å². The van der Waals surface area contributed by atoms with Crippen molar-refractivity contribution in [2.75, 3.05) is 0 Å². The van der Waals surface area contributed by atoms with Gasteiger partial charge in [0.2, 0.25) is 0 Å². The van der Waals surface area contributed by atoms with Gasteiger partial charge in [0.1, 0.15) is 0 Å². The van der Waals surface area contributed by atoms with Gasteiger partial charge >= 0.3 is 0 Å². The molecule has 0 nitrogen and oxygen atoms in total. The molecule has 0 aromatic heterocycles. The zero-order valence-electron chi connectivity index (χ0n) is 8.24. The third-order valence-corrected chi connectivity index (χ3v) is 4.24. The summed E-state index contributed by atoms with van der Waals surface area (Å²) >= 11 is 0. The Morgan fingerprint density at radius 3 is 0.800 bits per heavy atom. The van der Waals surface area contributed by atoms with E-state index in [1.165, 1.54) is 24.2 Å². The number of hydrogen-bond acceptors (Lipinski definition) is 0. The second kappa shape index (κ2) is 16.2. The standard InChI is InChI=1S/2C4H12Si/c2*1-3-5-4-2/h2*3-5H2,1-2H3. The first kappa shape index (κ1) is 13.1. The highest BCUT2D eigenvalue weighted by Gasteiger charge is 1.70. The van der Waals surface area contributed by atoms with Crippen LogP contribution < -0.4 is 0 Å². The van der Waals surface area contributed by atoms with Crippen LogP contribution in [0.3, 0.4) is 0 Å². The molecule has 0 aliphatic carbocycles. The highest BCUT2D eigenvalue weighted by Crippen LogP contribution is 1.77. The fourth-order valence-electron chi connectivity index (χ4n) is 0.707. The van der Waals surface area contributed by atoms with Crippen LogP contribution in [0, 0.1) is 0 Å². The minimum Gasteiger partial charge on any atom is -0.0683 e. The van der Waals surface area contributed by atoms with Crippen molar-refractivity contribution in [3.63, 3.8) is 0 Å². The Labute approximate surface area is 71.4 Å². The molecule has 0 aliphatic heterocycles. The summed E-state index contributed by atoms with van der Waals surface area (Å²) in [6, 6.07) is 5.93. The van der Waals surface area contributed by atoms with Gasteiger partial charge in [0, 0.05) is 19.0 Å². The Morgan fingerprint density at radius 2 is 0.800 bits per heavy atom. The van der Waals surface area contributed by atoms with Crippen LogP contribution >= 0.6 is 0 Å². The molecule has 0 saturated carbocycles. The zero-order valence-corrected chi connectivity index (χ0v) is 11.1. The number of hydrogen-bond donors (Lipinski definition) is 0. The topological polar surface area (TPSA) is 0 Å². The van der Waals surface area contributed by atoms with Gasteiger partial charge in [-0.2, -0.15) is 0 Å². The maximum absolute atomic E-state index is 2.27. The van der Waals surface area contributed by atoms with E-state index in [-0.39, 0.29) is 0 Å². The molecule has 0 heterocycles. The smallest absolute Gasteiger partial charge is 0.0192 e. The van der Waals surface area contributed by atoms with E-state index >= 15 is 0 Å². The normalized spacial score (nSPS) is 8.40. The SMILES string of the molecule is CC[SiH2]CC.CC[SiH2]CC. The maximum Gasteiger partial charge on any atom is 0.0192 e. The summed E-state index contributed by atoms with van der Waals surface area (Å²) in [6.45, 7) is 9.09. The molecule has 64 valence electrons. The Balaban J connectivity index is 0. The van der Waals surface area contributed by atoms with Crippen LogP contribution in [0.4, 0.5) is 0 Å². The molecule has 0 aromatic rings. The molecule has 10 heavy (non-hydrogen) atoms. The predicted molar refractivity (Wildman–Crippen MR) is 59.0 cm³/mol. The van der Waals surface area contributed by atoms with Crippen molar-refractivity contribution in [2.45, 2.75) is 51.9 Å². The van der Waals surface area contributed by atoms with Crippen molar-refractivity contribution in [3.05, 3.63) is 0 Å². The second-order valence-corrected chi connectivity index (χ2v) is 8.12. The summed E-state index contributed by atoms with van der Waals surface area (Å²) in [5.41, 5.74) is 0. The maximum atomic E-state index is 2.27. The largest absolute Gasteiger partial charge is 0.0683 e. The van der Waals surface area contributed by atoms with Crippen LogP contribution in [0.1, 0.15) is 27.7 Å². The summed E-state index contributed by atoms with van der Waals surface area (Å²) in [4.78, 5) is 0. The molecule has 0 N–H and O–H groups in total. The first-order chi connectivity index (χ1) is 4.83. The van der Waals surface area contributed by atoms with Crippen molar-refractivity contribution in [2.24, 2.45) is 0 Å². The van der Waals surface area contributed by atoms with Crippen molar-refractivity contribution >= 4 is 19.0 Å². The highest BCUT2D eigenvalue weighted by atomic mass is 28.2. The molecule has 2 heteroatoms. The Hall–Kier alpha value is 0.434. The average Bonchev–Trinajstić information content (AvgIpc) is 1.93. The van der Waals surface area contributed by atoms with Gasteiger partial charge < -0.3 is 0 Å². The van der Waals surface area contributed by atoms with Gasteiger partial charge in [-0.05, 0) is 0 Å². The second-order valence-electron chi connectivity index (χ2n) is 2.71. The zero-order chi connectivity index (χ0) is 8.24. The van der Waals surface area contributed by atoms with Crippen LogP contribution in [0.15, 0.2) is 0 Å². The quantitative estimate of drug-likeness (QED) is 0.575. The lowest BCUT2D eigenvalue weighted by molar-refractivity contribution is 1.36. The molecule has 0 amide bonds. The first-order valence-corrected chi connectivity index (χ1v) is 8.83. The van der Waals surface area contributed by atoms with E-state index in [9.17, 15) is 0 Å². The minimum atomic E-state index is 0.432. The average molecular weight is 176 g/mol. The summed E-state index contributed by atoms with van der Waals surface area (Å²) in [5.74, 6) is 0. The molecule has 0 unspecified atom stereocenters. The predicted octanol–water partition coefficient (Wildman–Crippen LogP) is 2.06. The van der Waals surface area contributed by atoms with Gasteiger partial charge in [0.05, 0.1) is 0 Å². The van der Waals surface area contributed by atoms with Crippen molar-refractivity contribution in [1.82, 2.24) is 0 Å². The molecular weight excluding hydrogens is 152 g/mol. The Kier molecular flexibility index (Phi) is 21.2. The lowest BCUT2D eigenvalue weighted by Crippen LogP contribution is -1.76. The third-order valence-electron chi connectivity index (χ3n) is 1.41. The monoisotopic (exact) mass is 176 g/mol. The molecule has 0 atom stereocenters. The van der Waals surface area contributed by atoms with E-state index in [1.807, 2.05) is 0 Å². The van der Waals surface area contributed by atoms with Crippen molar-refractivity contribution in [1.29, 1.82) is 0 Å². The van der Waals surface area contributed by atoms with Crippen LogP contribution in [-0.2, 0) is 0 Å². The van der Waals surface area contributed by atoms with Crippen molar-refractivity contribution in [3.8, 4) is 0 Å². The van der Waals surface area contributed by atoms with Gasteiger partial charge in [-0.25, -0.2) is 0 Å². The highest BCUT2D eigenvalue weighted by molar-refractivity contribution is 6.35. The molecule has 0 fully saturated rings. The van der Waals surface area contributed by atoms with E-state index in [1.54, 1.807) is 0 Å². The molecule has 0 spiro atoms. The fourth-order valence-corrected chi connectivity index (χ4v) is 2.12. The van der Waals surface area contributed by atoms with E-state index in [0.717, 1.165) is 0 Å². The molecule has 0 bridgehead atoms. The summed E-state index contributed by atoms with van der Waals surface area (Å²) in [5, 5.41) is 0. The third kappa shape index (κ3) is 23.7. The molecular formula is C8H24Si2. The van der Waals surface area contributed by atoms with Crippen LogP contribution in [0.25, 0.3) is 0 Å². The fraction of sp³-hybridized carbons (Fsp3) is 1.00. The minimum absolute atomic E-state index is 0.432. The van der Waals surface area contributed by atoms with E-state index in [0.29, 0.717) is 19.0 Å². The lowest BCUT2D eigenvalue weighted by Gasteiger charge is -1.77. The summed E-state index contributed by atoms with van der Waals surface area (Å²) < 4.78 is 0. The first-order valence-electron chi connectivity index (χ1n) is 4.83. The van der Waals surface area contributed by atoms with Crippen LogP contribution in [-0.4, -0.2) is 19.0 Å². The van der Waals surface area contributed by atoms with Crippen molar-refractivity contribution < 1.29 is 0 Å². The lowest BCUT2D eigenvalue weighted by atomic mass is 11.0. The molecule has 0 aliphatic rings. The Bertz CT molecular complexity index is 28.2. The van der Waals surface area contributed by atoms with Gasteiger partial charge in [0.15, 0.2) is 0 Å². The number of rotatable bonds is 4. The van der Waals surface area contributed by atoms with E-state index in [4.69, 9.17) is 0 Å². The Morgan fingerprint density at radius 1 is 0.600 bits per heavy atom. The molecule has 0 radical (unpaired) electrons. The van der Waals surface area contributed by atoms with E-state index in [2.05, 4.69) is 27.7 Å². The summed E-state index contributed by atoms with van der Waals surface area (Å²) in [6.07, 6.45) is 0. The molecule has 0 aromatic carbocycles. The summed E-state index contributed by atoms with van der Waals surface area (Å²) in [7, 11) is 0.864. The van der Waals surface area contributed by atoms with Gasteiger partial charge in [-0.15, -0.1) is 0 Å². The van der Waals surface area contributed by atoms with Gasteiger partial charge in [-0.3, -0.25) is 0 Å².